The summed E-state index contributed by atoms with van der Waals surface area (Å²) in [5.41, 5.74) is 1.25. The Morgan fingerprint density at radius 2 is 2.08 bits per heavy atom. The average molecular weight is 334 g/mol. The molecule has 1 aliphatic rings. The largest absolute Gasteiger partial charge is 0.480 e. The first kappa shape index (κ1) is 18.3. The molecule has 6 heteroatoms. The van der Waals surface area contributed by atoms with Crippen LogP contribution in [0.1, 0.15) is 44.4 Å². The van der Waals surface area contributed by atoms with Crippen LogP contribution in [0.15, 0.2) is 24.3 Å². The maximum Gasteiger partial charge on any atom is 0.407 e. The number of amides is 1. The molecule has 0 unspecified atom stereocenters. The number of ether oxygens (including phenoxy) is 1. The van der Waals surface area contributed by atoms with Crippen molar-refractivity contribution >= 4 is 12.1 Å². The maximum atomic E-state index is 11.9. The highest BCUT2D eigenvalue weighted by Crippen LogP contribution is 2.26. The number of benzene rings is 1. The zero-order chi connectivity index (χ0) is 17.9. The molecule has 1 amide bonds. The van der Waals surface area contributed by atoms with E-state index >= 15 is 0 Å². The van der Waals surface area contributed by atoms with Gasteiger partial charge in [0.05, 0.1) is 0 Å². The molecule has 1 saturated heterocycles. The predicted molar refractivity (Wildman–Crippen MR) is 90.9 cm³/mol. The lowest BCUT2D eigenvalue weighted by Crippen LogP contribution is -2.41. The van der Waals surface area contributed by atoms with Crippen molar-refractivity contribution < 1.29 is 19.4 Å². The lowest BCUT2D eigenvalue weighted by atomic mass is 10.0. The first-order valence-electron chi connectivity index (χ1n) is 8.18. The van der Waals surface area contributed by atoms with Crippen LogP contribution in [-0.2, 0) is 9.53 Å². The number of aliphatic carboxylic acids is 1. The van der Waals surface area contributed by atoms with Gasteiger partial charge in [-0.05, 0) is 39.7 Å². The third-order valence-electron chi connectivity index (χ3n) is 3.90. The van der Waals surface area contributed by atoms with Crippen molar-refractivity contribution in [3.8, 4) is 0 Å². The summed E-state index contributed by atoms with van der Waals surface area (Å²) in [6.07, 6.45) is 0.242. The molecule has 132 valence electrons. The van der Waals surface area contributed by atoms with Gasteiger partial charge in [0.2, 0.25) is 0 Å². The van der Waals surface area contributed by atoms with Crippen molar-refractivity contribution in [1.82, 2.24) is 10.2 Å². The van der Waals surface area contributed by atoms with E-state index in [9.17, 15) is 14.7 Å². The van der Waals surface area contributed by atoms with Gasteiger partial charge in [-0.25, -0.2) is 4.79 Å². The van der Waals surface area contributed by atoms with E-state index in [2.05, 4.69) is 5.32 Å². The van der Waals surface area contributed by atoms with E-state index in [4.69, 9.17) is 4.74 Å². The van der Waals surface area contributed by atoms with Gasteiger partial charge in [-0.3, -0.25) is 9.69 Å². The third kappa shape index (κ3) is 4.96. The van der Waals surface area contributed by atoms with Crippen LogP contribution in [0.25, 0.3) is 0 Å². The molecule has 1 heterocycles. The van der Waals surface area contributed by atoms with Gasteiger partial charge in [0.15, 0.2) is 0 Å². The first-order valence-corrected chi connectivity index (χ1v) is 8.18. The van der Waals surface area contributed by atoms with Gasteiger partial charge in [0.25, 0.3) is 0 Å². The van der Waals surface area contributed by atoms with E-state index in [0.717, 1.165) is 11.1 Å². The number of rotatable bonds is 4. The Kier molecular flexibility index (Phi) is 5.49. The van der Waals surface area contributed by atoms with E-state index in [1.807, 2.05) is 56.9 Å². The number of nitrogens with zero attached hydrogens (tertiary/aromatic N) is 1. The molecule has 1 aliphatic heterocycles. The number of carboxylic acid groups (broad SMARTS) is 1. The molecule has 2 rings (SSSR count). The molecule has 2 atom stereocenters. The van der Waals surface area contributed by atoms with Gasteiger partial charge in [-0.2, -0.15) is 0 Å². The maximum absolute atomic E-state index is 11.9. The van der Waals surface area contributed by atoms with Crippen LogP contribution in [0.3, 0.4) is 0 Å². The Labute approximate surface area is 142 Å². The highest BCUT2D eigenvalue weighted by atomic mass is 16.6. The number of carbonyl (C=O) groups excluding carboxylic acids is 1. The van der Waals surface area contributed by atoms with Crippen molar-refractivity contribution in [1.29, 1.82) is 0 Å². The highest BCUT2D eigenvalue weighted by molar-refractivity contribution is 5.75. The minimum Gasteiger partial charge on any atom is -0.480 e. The van der Waals surface area contributed by atoms with E-state index in [1.165, 1.54) is 0 Å². The smallest absolute Gasteiger partial charge is 0.407 e. The lowest BCUT2D eigenvalue weighted by molar-refractivity contribution is -0.143. The predicted octanol–water partition coefficient (Wildman–Crippen LogP) is 2.72. The average Bonchev–Trinajstić information content (AvgIpc) is 2.84. The Morgan fingerprint density at radius 1 is 1.38 bits per heavy atom. The van der Waals surface area contributed by atoms with Crippen molar-refractivity contribution in [3.63, 3.8) is 0 Å². The number of hydrogen-bond acceptors (Lipinski definition) is 4. The topological polar surface area (TPSA) is 78.9 Å². The quantitative estimate of drug-likeness (QED) is 0.885. The summed E-state index contributed by atoms with van der Waals surface area (Å²) < 4.78 is 5.26. The molecule has 0 saturated carbocycles. The van der Waals surface area contributed by atoms with Crippen LogP contribution in [0.5, 0.6) is 0 Å². The number of nitrogens with one attached hydrogen (secondary N) is 1. The minimum absolute atomic E-state index is 0.105. The summed E-state index contributed by atoms with van der Waals surface area (Å²) in [6, 6.07) is 6.74. The molecule has 0 bridgehead atoms. The molecule has 1 aromatic carbocycles. The summed E-state index contributed by atoms with van der Waals surface area (Å²) >= 11 is 0. The molecule has 6 nitrogen and oxygen atoms in total. The second kappa shape index (κ2) is 7.21. The van der Waals surface area contributed by atoms with Gasteiger partial charge in [-0.15, -0.1) is 0 Å². The number of carboxylic acids is 1. The van der Waals surface area contributed by atoms with Crippen LogP contribution in [0.2, 0.25) is 0 Å². The molecule has 1 fully saturated rings. The SMILES string of the molecule is Cc1cccc([C@@H](C(=O)O)N2CC[C@H](NC(=O)OC(C)(C)C)C2)c1. The van der Waals surface area contributed by atoms with Crippen molar-refractivity contribution in [3.05, 3.63) is 35.4 Å². The summed E-state index contributed by atoms with van der Waals surface area (Å²) in [5, 5.41) is 12.5. The molecule has 2 N–H and O–H groups in total. The zero-order valence-corrected chi connectivity index (χ0v) is 14.7. The van der Waals surface area contributed by atoms with Gasteiger partial charge in [0.1, 0.15) is 11.6 Å². The highest BCUT2D eigenvalue weighted by Gasteiger charge is 2.34. The fraction of sp³-hybridized carbons (Fsp3) is 0.556. The van der Waals surface area contributed by atoms with E-state index in [0.29, 0.717) is 19.5 Å². The van der Waals surface area contributed by atoms with E-state index in [1.54, 1.807) is 0 Å². The van der Waals surface area contributed by atoms with Gasteiger partial charge in [-0.1, -0.05) is 29.8 Å². The molecular weight excluding hydrogens is 308 g/mol. The fourth-order valence-electron chi connectivity index (χ4n) is 2.96. The van der Waals surface area contributed by atoms with Gasteiger partial charge < -0.3 is 15.2 Å². The van der Waals surface area contributed by atoms with Crippen LogP contribution in [-0.4, -0.2) is 46.8 Å². The number of alkyl carbamates (subject to hydrolysis) is 1. The number of hydrogen-bond donors (Lipinski definition) is 2. The molecular formula is C18H26N2O4. The Morgan fingerprint density at radius 3 is 2.67 bits per heavy atom. The molecule has 24 heavy (non-hydrogen) atoms. The Hall–Kier alpha value is -2.08. The fourth-order valence-corrected chi connectivity index (χ4v) is 2.96. The minimum atomic E-state index is -0.876. The number of carbonyl (C=O) groups is 2. The second-order valence-corrected chi connectivity index (χ2v) is 7.28. The van der Waals surface area contributed by atoms with Crippen LogP contribution in [0.4, 0.5) is 4.79 Å². The van der Waals surface area contributed by atoms with Crippen LogP contribution < -0.4 is 5.32 Å². The van der Waals surface area contributed by atoms with Crippen molar-refractivity contribution in [2.45, 2.75) is 51.8 Å². The van der Waals surface area contributed by atoms with Gasteiger partial charge >= 0.3 is 12.1 Å². The Balaban J connectivity index is 2.02. The van der Waals surface area contributed by atoms with Crippen LogP contribution >= 0.6 is 0 Å². The standard InChI is InChI=1S/C18H26N2O4/c1-12-6-5-7-13(10-12)15(16(21)22)20-9-8-14(11-20)19-17(23)24-18(2,3)4/h5-7,10,14-15H,8-9,11H2,1-4H3,(H,19,23)(H,21,22)/t14-,15-/m0/s1. The molecule has 0 radical (unpaired) electrons. The van der Waals surface area contributed by atoms with Gasteiger partial charge in [0, 0.05) is 19.1 Å². The van der Waals surface area contributed by atoms with Crippen LogP contribution in [0, 0.1) is 6.92 Å². The first-order chi connectivity index (χ1) is 11.2. The molecule has 0 aliphatic carbocycles. The summed E-state index contributed by atoms with van der Waals surface area (Å²) in [5.74, 6) is -0.876. The van der Waals surface area contributed by atoms with E-state index < -0.39 is 23.7 Å². The Bertz CT molecular complexity index is 609. The third-order valence-corrected chi connectivity index (χ3v) is 3.90. The van der Waals surface area contributed by atoms with Crippen molar-refractivity contribution in [2.75, 3.05) is 13.1 Å². The molecule has 0 spiro atoms. The second-order valence-electron chi connectivity index (χ2n) is 7.28. The normalized spacial score (nSPS) is 19.8. The summed E-state index contributed by atoms with van der Waals surface area (Å²) in [6.45, 7) is 8.48. The van der Waals surface area contributed by atoms with Crippen molar-refractivity contribution in [2.24, 2.45) is 0 Å². The number of likely N-dealkylation sites (tertiary alicyclic amines) is 1. The van der Waals surface area contributed by atoms with E-state index in [-0.39, 0.29) is 6.04 Å². The summed E-state index contributed by atoms with van der Waals surface area (Å²) in [7, 11) is 0. The monoisotopic (exact) mass is 334 g/mol. The number of aryl methyl sites for hydroxylation is 1. The lowest BCUT2D eigenvalue weighted by Gasteiger charge is -2.25. The zero-order valence-electron chi connectivity index (χ0n) is 14.7. The molecule has 0 aromatic heterocycles. The summed E-state index contributed by atoms with van der Waals surface area (Å²) in [4.78, 5) is 25.5. The molecule has 1 aromatic rings.